The molecule has 1 fully saturated rings. The Balaban J connectivity index is 1.74. The van der Waals surface area contributed by atoms with E-state index in [1.165, 1.54) is 19.3 Å². The summed E-state index contributed by atoms with van der Waals surface area (Å²) in [5, 5.41) is 9.95. The molecule has 0 aromatic carbocycles. The van der Waals surface area contributed by atoms with Crippen LogP contribution in [0.5, 0.6) is 0 Å². The highest BCUT2D eigenvalue weighted by Crippen LogP contribution is 2.30. The van der Waals surface area contributed by atoms with Crippen LogP contribution in [0.1, 0.15) is 48.7 Å². The van der Waals surface area contributed by atoms with Crippen LogP contribution in [-0.4, -0.2) is 22.1 Å². The topological polar surface area (TPSA) is 68.0 Å². The van der Waals surface area contributed by atoms with E-state index < -0.39 is 0 Å². The van der Waals surface area contributed by atoms with Gasteiger partial charge in [0, 0.05) is 6.04 Å². The van der Waals surface area contributed by atoms with Gasteiger partial charge in [-0.1, -0.05) is 31.0 Å². The standard InChI is InChI=1S/C19H21N3O2S/c1-11-6-3-4-7-14(11)20-18(23)13-10-15(16-8-5-9-25-16)21-19-17(13)12(2)22-24-19/h5,8-11,14H,3-4,6-7H2,1-2H3,(H,20,23)/t11-,14+/m1/s1. The van der Waals surface area contributed by atoms with Gasteiger partial charge in [0.2, 0.25) is 0 Å². The van der Waals surface area contributed by atoms with Crippen LogP contribution in [0.25, 0.3) is 21.7 Å². The Bertz CT molecular complexity index is 901. The molecule has 0 saturated heterocycles. The molecule has 25 heavy (non-hydrogen) atoms. The Hall–Kier alpha value is -2.21. The van der Waals surface area contributed by atoms with Crippen molar-refractivity contribution in [2.45, 2.75) is 45.6 Å². The molecule has 2 atom stereocenters. The van der Waals surface area contributed by atoms with Crippen molar-refractivity contribution in [1.29, 1.82) is 0 Å². The quantitative estimate of drug-likeness (QED) is 0.747. The molecule has 0 aliphatic heterocycles. The van der Waals surface area contributed by atoms with Crippen LogP contribution in [-0.2, 0) is 0 Å². The first-order chi connectivity index (χ1) is 12.1. The fourth-order valence-corrected chi connectivity index (χ4v) is 4.29. The van der Waals surface area contributed by atoms with Gasteiger partial charge in [0.1, 0.15) is 0 Å². The van der Waals surface area contributed by atoms with Gasteiger partial charge in [-0.15, -0.1) is 11.3 Å². The van der Waals surface area contributed by atoms with Gasteiger partial charge in [-0.25, -0.2) is 4.98 Å². The zero-order chi connectivity index (χ0) is 17.4. The highest BCUT2D eigenvalue weighted by Gasteiger charge is 2.26. The van der Waals surface area contributed by atoms with Crippen LogP contribution in [0.4, 0.5) is 0 Å². The zero-order valence-corrected chi connectivity index (χ0v) is 15.2. The van der Waals surface area contributed by atoms with E-state index in [4.69, 9.17) is 4.52 Å². The van der Waals surface area contributed by atoms with Gasteiger partial charge in [0.05, 0.1) is 27.2 Å². The van der Waals surface area contributed by atoms with Gasteiger partial charge < -0.3 is 9.84 Å². The SMILES string of the molecule is Cc1noc2nc(-c3cccs3)cc(C(=O)N[C@H]3CCCC[C@H]3C)c12. The molecule has 1 aliphatic carbocycles. The maximum Gasteiger partial charge on any atom is 0.259 e. The van der Waals surface area contributed by atoms with Crippen molar-refractivity contribution < 1.29 is 9.32 Å². The summed E-state index contributed by atoms with van der Waals surface area (Å²) in [6.45, 7) is 4.06. The maximum absolute atomic E-state index is 13.0. The van der Waals surface area contributed by atoms with Crippen molar-refractivity contribution in [2.75, 3.05) is 0 Å². The van der Waals surface area contributed by atoms with Gasteiger partial charge in [-0.3, -0.25) is 4.79 Å². The molecule has 6 heteroatoms. The molecule has 1 saturated carbocycles. The highest BCUT2D eigenvalue weighted by atomic mass is 32.1. The maximum atomic E-state index is 13.0. The lowest BCUT2D eigenvalue weighted by Gasteiger charge is -2.29. The van der Waals surface area contributed by atoms with Gasteiger partial charge >= 0.3 is 0 Å². The molecule has 0 radical (unpaired) electrons. The highest BCUT2D eigenvalue weighted by molar-refractivity contribution is 7.13. The Morgan fingerprint density at radius 2 is 2.20 bits per heavy atom. The summed E-state index contributed by atoms with van der Waals surface area (Å²) in [5.41, 5.74) is 2.47. The Morgan fingerprint density at radius 1 is 1.36 bits per heavy atom. The molecule has 3 heterocycles. The van der Waals surface area contributed by atoms with E-state index in [-0.39, 0.29) is 11.9 Å². The third kappa shape index (κ3) is 3.06. The van der Waals surface area contributed by atoms with Crippen molar-refractivity contribution in [3.05, 3.63) is 34.8 Å². The molecule has 0 spiro atoms. The van der Waals surface area contributed by atoms with Crippen molar-refractivity contribution in [3.63, 3.8) is 0 Å². The van der Waals surface area contributed by atoms with E-state index in [0.717, 1.165) is 17.0 Å². The first-order valence-corrected chi connectivity index (χ1v) is 9.63. The van der Waals surface area contributed by atoms with E-state index in [1.807, 2.05) is 30.5 Å². The smallest absolute Gasteiger partial charge is 0.259 e. The molecular weight excluding hydrogens is 334 g/mol. The minimum absolute atomic E-state index is 0.0599. The van der Waals surface area contributed by atoms with Crippen LogP contribution in [0, 0.1) is 12.8 Å². The summed E-state index contributed by atoms with van der Waals surface area (Å²) in [7, 11) is 0. The third-order valence-electron chi connectivity index (χ3n) is 5.06. The molecule has 1 N–H and O–H groups in total. The minimum Gasteiger partial charge on any atom is -0.349 e. The lowest BCUT2D eigenvalue weighted by Crippen LogP contribution is -2.41. The average Bonchev–Trinajstić information content (AvgIpc) is 3.26. The number of pyridine rings is 1. The van der Waals surface area contributed by atoms with Crippen LogP contribution in [0.15, 0.2) is 28.1 Å². The van der Waals surface area contributed by atoms with Gasteiger partial charge in [0.15, 0.2) is 0 Å². The normalized spacial score (nSPS) is 20.7. The molecule has 1 aliphatic rings. The first-order valence-electron chi connectivity index (χ1n) is 8.75. The molecule has 5 nitrogen and oxygen atoms in total. The van der Waals surface area contributed by atoms with Crippen LogP contribution < -0.4 is 5.32 Å². The predicted octanol–water partition coefficient (Wildman–Crippen LogP) is 4.57. The predicted molar refractivity (Wildman–Crippen MR) is 98.7 cm³/mol. The molecule has 0 bridgehead atoms. The second-order valence-electron chi connectivity index (χ2n) is 6.82. The number of hydrogen-bond acceptors (Lipinski definition) is 5. The summed E-state index contributed by atoms with van der Waals surface area (Å²) in [4.78, 5) is 18.6. The van der Waals surface area contributed by atoms with Gasteiger partial charge in [0.25, 0.3) is 11.6 Å². The fraction of sp³-hybridized carbons (Fsp3) is 0.421. The molecule has 3 aromatic rings. The number of fused-ring (bicyclic) bond motifs is 1. The number of nitrogens with zero attached hydrogens (tertiary/aromatic N) is 2. The first kappa shape index (κ1) is 16.3. The number of hydrogen-bond donors (Lipinski definition) is 1. The molecule has 130 valence electrons. The summed E-state index contributed by atoms with van der Waals surface area (Å²) in [6, 6.07) is 6.06. The largest absolute Gasteiger partial charge is 0.349 e. The third-order valence-corrected chi connectivity index (χ3v) is 5.96. The van der Waals surface area contributed by atoms with Crippen LogP contribution in [0.2, 0.25) is 0 Å². The van der Waals surface area contributed by atoms with Crippen molar-refractivity contribution in [2.24, 2.45) is 5.92 Å². The number of aryl methyl sites for hydroxylation is 1. The summed E-state index contributed by atoms with van der Waals surface area (Å²) in [5.74, 6) is 0.450. The molecule has 1 amide bonds. The van der Waals surface area contributed by atoms with Crippen LogP contribution >= 0.6 is 11.3 Å². The molecular formula is C19H21N3O2S. The number of rotatable bonds is 3. The number of carbonyl (C=O) groups is 1. The summed E-state index contributed by atoms with van der Waals surface area (Å²) < 4.78 is 5.35. The zero-order valence-electron chi connectivity index (χ0n) is 14.4. The number of aromatic nitrogens is 2. The van der Waals surface area contributed by atoms with Gasteiger partial charge in [-0.05, 0) is 43.2 Å². The Labute approximate surface area is 150 Å². The Kier molecular flexibility index (Phi) is 4.29. The monoisotopic (exact) mass is 355 g/mol. The van der Waals surface area contributed by atoms with Crippen molar-refractivity contribution in [3.8, 4) is 10.6 Å². The number of amides is 1. The number of nitrogens with one attached hydrogen (secondary N) is 1. The average molecular weight is 355 g/mol. The lowest BCUT2D eigenvalue weighted by molar-refractivity contribution is 0.0912. The number of carbonyl (C=O) groups excluding carboxylic acids is 1. The van der Waals surface area contributed by atoms with Gasteiger partial charge in [-0.2, -0.15) is 0 Å². The molecule has 3 aromatic heterocycles. The Morgan fingerprint density at radius 3 is 2.96 bits per heavy atom. The van der Waals surface area contributed by atoms with E-state index in [0.29, 0.717) is 28.3 Å². The van der Waals surface area contributed by atoms with E-state index >= 15 is 0 Å². The van der Waals surface area contributed by atoms with E-state index in [9.17, 15) is 4.79 Å². The lowest BCUT2D eigenvalue weighted by atomic mass is 9.86. The van der Waals surface area contributed by atoms with Crippen LogP contribution in [0.3, 0.4) is 0 Å². The fourth-order valence-electron chi connectivity index (χ4n) is 3.60. The van der Waals surface area contributed by atoms with E-state index in [1.54, 1.807) is 11.3 Å². The summed E-state index contributed by atoms with van der Waals surface area (Å²) in [6.07, 6.45) is 4.64. The minimum atomic E-state index is -0.0599. The summed E-state index contributed by atoms with van der Waals surface area (Å²) >= 11 is 1.59. The second-order valence-corrected chi connectivity index (χ2v) is 7.77. The second kappa shape index (κ2) is 6.59. The number of thiophene rings is 1. The molecule has 0 unspecified atom stereocenters. The van der Waals surface area contributed by atoms with Crippen molar-refractivity contribution >= 4 is 28.3 Å². The molecule has 4 rings (SSSR count). The van der Waals surface area contributed by atoms with Crippen molar-refractivity contribution in [1.82, 2.24) is 15.5 Å². The van der Waals surface area contributed by atoms with E-state index in [2.05, 4.69) is 22.4 Å².